The molecule has 0 unspecified atom stereocenters. The summed E-state index contributed by atoms with van der Waals surface area (Å²) >= 11 is 0. The van der Waals surface area contributed by atoms with Crippen LogP contribution in [0.5, 0.6) is 0 Å². The van der Waals surface area contributed by atoms with Crippen molar-refractivity contribution >= 4 is 37.5 Å². The predicted octanol–water partition coefficient (Wildman–Crippen LogP) is 1.59. The zero-order valence-corrected chi connectivity index (χ0v) is 15.2. The van der Waals surface area contributed by atoms with Gasteiger partial charge in [0.25, 0.3) is 10.0 Å². The van der Waals surface area contributed by atoms with Crippen molar-refractivity contribution < 1.29 is 21.6 Å². The highest BCUT2D eigenvalue weighted by molar-refractivity contribution is 8.10. The number of carbonyl (C=O) groups is 1. The van der Waals surface area contributed by atoms with Crippen LogP contribution in [0.2, 0.25) is 0 Å². The summed E-state index contributed by atoms with van der Waals surface area (Å²) in [5.74, 6) is -0.929. The molecule has 0 bridgehead atoms. The fourth-order valence-corrected chi connectivity index (χ4v) is 5.43. The Kier molecular flexibility index (Phi) is 5.43. The predicted molar refractivity (Wildman–Crippen MR) is 94.1 cm³/mol. The Morgan fingerprint density at radius 3 is 2.20 bits per heavy atom. The van der Waals surface area contributed by atoms with E-state index in [1.165, 1.54) is 56.4 Å². The van der Waals surface area contributed by atoms with E-state index in [0.29, 0.717) is 9.40 Å². The van der Waals surface area contributed by atoms with Crippen LogP contribution < -0.4 is 9.03 Å². The van der Waals surface area contributed by atoms with E-state index in [0.717, 1.165) is 0 Å². The lowest BCUT2D eigenvalue weighted by Gasteiger charge is -2.22. The van der Waals surface area contributed by atoms with Crippen LogP contribution in [0.25, 0.3) is 0 Å². The molecule has 1 aromatic carbocycles. The number of anilines is 2. The number of benzene rings is 1. The first kappa shape index (κ1) is 18.9. The van der Waals surface area contributed by atoms with Crippen molar-refractivity contribution in [1.82, 2.24) is 4.98 Å². The van der Waals surface area contributed by atoms with Gasteiger partial charge in [-0.05, 0) is 43.3 Å². The van der Waals surface area contributed by atoms with Gasteiger partial charge in [-0.2, -0.15) is 8.42 Å². The molecular formula is C15H17N3O5S2. The van der Waals surface area contributed by atoms with Gasteiger partial charge in [-0.3, -0.25) is 4.79 Å². The Balaban J connectivity index is 2.54. The zero-order valence-electron chi connectivity index (χ0n) is 13.6. The van der Waals surface area contributed by atoms with Crippen molar-refractivity contribution in [3.63, 3.8) is 0 Å². The second kappa shape index (κ2) is 7.19. The van der Waals surface area contributed by atoms with E-state index in [1.54, 1.807) is 6.07 Å². The normalized spacial score (nSPS) is 11.8. The van der Waals surface area contributed by atoms with E-state index in [2.05, 4.69) is 10.3 Å². The average Bonchev–Trinajstić information content (AvgIpc) is 2.55. The molecule has 0 saturated carbocycles. The molecule has 1 N–H and O–H groups in total. The van der Waals surface area contributed by atoms with Crippen LogP contribution in [0.1, 0.15) is 13.8 Å². The third-order valence-electron chi connectivity index (χ3n) is 3.14. The third-order valence-corrected chi connectivity index (χ3v) is 7.33. The smallest absolute Gasteiger partial charge is 0.278 e. The summed E-state index contributed by atoms with van der Waals surface area (Å²) < 4.78 is 50.9. The number of sulfonamides is 2. The van der Waals surface area contributed by atoms with Crippen molar-refractivity contribution in [2.24, 2.45) is 0 Å². The minimum absolute atomic E-state index is 0.213. The molecule has 1 amide bonds. The Bertz CT molecular complexity index is 956. The van der Waals surface area contributed by atoms with Crippen molar-refractivity contribution in [1.29, 1.82) is 0 Å². The van der Waals surface area contributed by atoms with Crippen LogP contribution in [0.15, 0.2) is 53.6 Å². The standard InChI is InChI=1S/C15H17N3O5S2/c1-3-24(20,21)18(15-6-4-5-11-16-15)25(22,23)14-9-7-13(8-10-14)17-12(2)19/h4-11H,3H2,1-2H3,(H,17,19). The molecule has 134 valence electrons. The Morgan fingerprint density at radius 2 is 1.72 bits per heavy atom. The first-order valence-electron chi connectivity index (χ1n) is 7.25. The molecule has 0 aliphatic rings. The lowest BCUT2D eigenvalue weighted by Crippen LogP contribution is -2.38. The maximum Gasteiger partial charge on any atom is 0.278 e. The fourth-order valence-electron chi connectivity index (χ4n) is 2.00. The highest BCUT2D eigenvalue weighted by atomic mass is 32.3. The van der Waals surface area contributed by atoms with Crippen molar-refractivity contribution in [2.45, 2.75) is 18.7 Å². The first-order valence-corrected chi connectivity index (χ1v) is 10.3. The summed E-state index contributed by atoms with van der Waals surface area (Å²) in [6.45, 7) is 2.67. The molecule has 2 rings (SSSR count). The summed E-state index contributed by atoms with van der Waals surface area (Å²) in [4.78, 5) is 14.7. The largest absolute Gasteiger partial charge is 0.326 e. The molecule has 1 heterocycles. The molecule has 0 aliphatic heterocycles. The highest BCUT2D eigenvalue weighted by Crippen LogP contribution is 2.26. The van der Waals surface area contributed by atoms with E-state index < -0.39 is 25.8 Å². The topological polar surface area (TPSA) is 114 Å². The van der Waals surface area contributed by atoms with E-state index in [4.69, 9.17) is 0 Å². The number of hydrogen-bond acceptors (Lipinski definition) is 6. The monoisotopic (exact) mass is 383 g/mol. The minimum atomic E-state index is -4.40. The highest BCUT2D eigenvalue weighted by Gasteiger charge is 2.35. The quantitative estimate of drug-likeness (QED) is 0.810. The number of amides is 1. The number of pyridine rings is 1. The lowest BCUT2D eigenvalue weighted by molar-refractivity contribution is -0.114. The number of rotatable bonds is 6. The SMILES string of the molecule is CCS(=O)(=O)N(c1ccccn1)S(=O)(=O)c1ccc(NC(C)=O)cc1. The molecule has 1 aromatic heterocycles. The van der Waals surface area contributed by atoms with Crippen molar-refractivity contribution in [3.8, 4) is 0 Å². The Labute approximate surface area is 146 Å². The number of hydrogen-bond donors (Lipinski definition) is 1. The molecule has 10 heteroatoms. The van der Waals surface area contributed by atoms with Gasteiger partial charge in [0.2, 0.25) is 15.9 Å². The van der Waals surface area contributed by atoms with E-state index in [9.17, 15) is 21.6 Å². The molecule has 0 atom stereocenters. The van der Waals surface area contributed by atoms with Gasteiger partial charge in [-0.25, -0.2) is 13.4 Å². The molecule has 0 aliphatic carbocycles. The molecule has 0 radical (unpaired) electrons. The maximum atomic E-state index is 12.9. The molecule has 2 aromatic rings. The van der Waals surface area contributed by atoms with Gasteiger partial charge >= 0.3 is 0 Å². The van der Waals surface area contributed by atoms with Gasteiger partial charge in [0.1, 0.15) is 0 Å². The Morgan fingerprint density at radius 1 is 1.08 bits per heavy atom. The molecule has 8 nitrogen and oxygen atoms in total. The molecule has 0 saturated heterocycles. The van der Waals surface area contributed by atoms with Gasteiger partial charge in [0.15, 0.2) is 5.82 Å². The summed E-state index contributed by atoms with van der Waals surface area (Å²) in [5.41, 5.74) is 0.397. The number of nitrogens with zero attached hydrogens (tertiary/aromatic N) is 2. The minimum Gasteiger partial charge on any atom is -0.326 e. The van der Waals surface area contributed by atoms with Crippen LogP contribution in [0, 0.1) is 0 Å². The first-order chi connectivity index (χ1) is 11.7. The van der Waals surface area contributed by atoms with Crippen LogP contribution in [0.4, 0.5) is 11.5 Å². The number of nitrogens with one attached hydrogen (secondary N) is 1. The summed E-state index contributed by atoms with van der Waals surface area (Å²) in [6, 6.07) is 9.55. The van der Waals surface area contributed by atoms with Gasteiger partial charge in [0.05, 0.1) is 10.6 Å². The van der Waals surface area contributed by atoms with Gasteiger partial charge < -0.3 is 5.32 Å². The number of carbonyl (C=O) groups excluding carboxylic acids is 1. The number of aromatic nitrogens is 1. The van der Waals surface area contributed by atoms with Crippen LogP contribution in [-0.2, 0) is 24.8 Å². The van der Waals surface area contributed by atoms with Gasteiger partial charge in [-0.1, -0.05) is 6.07 Å². The van der Waals surface area contributed by atoms with Gasteiger partial charge in [0, 0.05) is 18.8 Å². The third kappa shape index (κ3) is 4.15. The second-order valence-corrected chi connectivity index (χ2v) is 9.12. The average molecular weight is 383 g/mol. The van der Waals surface area contributed by atoms with Crippen LogP contribution in [0.3, 0.4) is 0 Å². The molecule has 0 spiro atoms. The maximum absolute atomic E-state index is 12.9. The molecule has 0 fully saturated rings. The fraction of sp³-hybridized carbons (Fsp3) is 0.200. The van der Waals surface area contributed by atoms with Gasteiger partial charge in [-0.15, -0.1) is 3.71 Å². The summed E-state index contributed by atoms with van der Waals surface area (Å²) in [7, 11) is -8.53. The molecular weight excluding hydrogens is 366 g/mol. The van der Waals surface area contributed by atoms with E-state index in [-0.39, 0.29) is 16.6 Å². The summed E-state index contributed by atoms with van der Waals surface area (Å²) in [5, 5.41) is 2.51. The Hall–Kier alpha value is -2.46. The van der Waals surface area contributed by atoms with E-state index in [1.807, 2.05) is 0 Å². The van der Waals surface area contributed by atoms with Crippen LogP contribution in [-0.4, -0.2) is 33.5 Å². The lowest BCUT2D eigenvalue weighted by atomic mass is 10.3. The zero-order chi connectivity index (χ0) is 18.7. The van der Waals surface area contributed by atoms with Crippen LogP contribution >= 0.6 is 0 Å². The summed E-state index contributed by atoms with van der Waals surface area (Å²) in [6.07, 6.45) is 1.31. The van der Waals surface area contributed by atoms with Crippen molar-refractivity contribution in [2.75, 3.05) is 14.8 Å². The van der Waals surface area contributed by atoms with E-state index >= 15 is 0 Å². The van der Waals surface area contributed by atoms with Crippen molar-refractivity contribution in [3.05, 3.63) is 48.7 Å². The second-order valence-electron chi connectivity index (χ2n) is 5.00. The molecule has 25 heavy (non-hydrogen) atoms.